The first kappa shape index (κ1) is 10.7. The molecule has 0 radical (unpaired) electrons. The van der Waals surface area contributed by atoms with Gasteiger partial charge in [-0.15, -0.1) is 0 Å². The van der Waals surface area contributed by atoms with Gasteiger partial charge in [-0.05, 0) is 24.7 Å². The Morgan fingerprint density at radius 3 is 2.79 bits per heavy atom. The Bertz CT molecular complexity index is 308. The fourth-order valence-corrected chi connectivity index (χ4v) is 1.07. The fraction of sp³-hybridized carbons (Fsp3) is 0.200. The highest BCUT2D eigenvalue weighted by atomic mass is 32.1. The Hall–Kier alpha value is -1.42. The summed E-state index contributed by atoms with van der Waals surface area (Å²) in [6.45, 7) is 2.54. The van der Waals surface area contributed by atoms with E-state index in [4.69, 9.17) is 12.2 Å². The van der Waals surface area contributed by atoms with E-state index in [1.54, 1.807) is 6.21 Å². The van der Waals surface area contributed by atoms with Crippen LogP contribution in [0.15, 0.2) is 35.4 Å². The van der Waals surface area contributed by atoms with Gasteiger partial charge in [0.05, 0.1) is 0 Å². The number of hydrogen-bond acceptors (Lipinski definition) is 2. The molecular weight excluding hydrogens is 194 g/mol. The molecule has 4 heteroatoms. The second-order valence-corrected chi connectivity index (χ2v) is 3.08. The van der Waals surface area contributed by atoms with Gasteiger partial charge in [-0.25, -0.2) is 0 Å². The van der Waals surface area contributed by atoms with E-state index in [1.807, 2.05) is 37.3 Å². The van der Waals surface area contributed by atoms with Crippen LogP contribution in [0.4, 0.5) is 0 Å². The quantitative estimate of drug-likeness (QED) is 0.449. The van der Waals surface area contributed by atoms with Crippen molar-refractivity contribution in [1.82, 2.24) is 10.7 Å². The summed E-state index contributed by atoms with van der Waals surface area (Å²) in [5.74, 6) is 0. The van der Waals surface area contributed by atoms with E-state index in [9.17, 15) is 0 Å². The number of rotatable bonds is 3. The number of thiocarbonyl (C=S) groups is 1. The summed E-state index contributed by atoms with van der Waals surface area (Å²) in [6.07, 6.45) is 1.65. The lowest BCUT2D eigenvalue weighted by Crippen LogP contribution is -2.31. The molecule has 0 aliphatic rings. The van der Waals surface area contributed by atoms with Crippen molar-refractivity contribution in [3.8, 4) is 0 Å². The van der Waals surface area contributed by atoms with E-state index >= 15 is 0 Å². The van der Waals surface area contributed by atoms with Crippen molar-refractivity contribution in [2.45, 2.75) is 13.5 Å². The highest BCUT2D eigenvalue weighted by Crippen LogP contribution is 1.96. The molecule has 74 valence electrons. The number of hydrazone groups is 1. The lowest BCUT2D eigenvalue weighted by Gasteiger charge is -2.06. The zero-order valence-electron chi connectivity index (χ0n) is 8.03. The minimum absolute atomic E-state index is 0.534. The van der Waals surface area contributed by atoms with E-state index in [-0.39, 0.29) is 0 Å². The zero-order valence-corrected chi connectivity index (χ0v) is 8.84. The molecule has 0 spiro atoms. The highest BCUT2D eigenvalue weighted by molar-refractivity contribution is 7.80. The van der Waals surface area contributed by atoms with Crippen LogP contribution in [0.1, 0.15) is 12.5 Å². The predicted molar refractivity (Wildman–Crippen MR) is 63.2 cm³/mol. The van der Waals surface area contributed by atoms with E-state index in [0.717, 1.165) is 0 Å². The smallest absolute Gasteiger partial charge is 0.187 e. The first-order chi connectivity index (χ1) is 6.83. The van der Waals surface area contributed by atoms with Crippen molar-refractivity contribution in [1.29, 1.82) is 0 Å². The summed E-state index contributed by atoms with van der Waals surface area (Å²) >= 11 is 4.98. The molecular formula is C10H13N3S. The number of nitrogens with zero attached hydrogens (tertiary/aromatic N) is 1. The molecule has 0 heterocycles. The van der Waals surface area contributed by atoms with Gasteiger partial charge in [-0.3, -0.25) is 5.43 Å². The van der Waals surface area contributed by atoms with Gasteiger partial charge >= 0.3 is 0 Å². The topological polar surface area (TPSA) is 36.4 Å². The molecule has 0 saturated heterocycles. The van der Waals surface area contributed by atoms with Crippen LogP contribution in [0, 0.1) is 0 Å². The standard InChI is InChI=1S/C10H13N3S/c1-2-12-13-10(14)11-8-9-6-4-3-5-7-9/h2-7H,8H2,1H3,(H2,11,13,14)/b12-2+. The van der Waals surface area contributed by atoms with Crippen LogP contribution in [-0.4, -0.2) is 11.3 Å². The predicted octanol–water partition coefficient (Wildman–Crippen LogP) is 1.66. The summed E-state index contributed by atoms with van der Waals surface area (Å²) in [7, 11) is 0. The number of hydrogen-bond donors (Lipinski definition) is 2. The van der Waals surface area contributed by atoms with Gasteiger partial charge in [-0.2, -0.15) is 5.10 Å². The molecule has 14 heavy (non-hydrogen) atoms. The maximum Gasteiger partial charge on any atom is 0.187 e. The molecule has 0 amide bonds. The molecule has 0 atom stereocenters. The van der Waals surface area contributed by atoms with Crippen LogP contribution in [0.25, 0.3) is 0 Å². The van der Waals surface area contributed by atoms with Gasteiger partial charge in [0, 0.05) is 12.8 Å². The van der Waals surface area contributed by atoms with Gasteiger partial charge in [-0.1, -0.05) is 30.3 Å². The molecule has 0 saturated carbocycles. The zero-order chi connectivity index (χ0) is 10.2. The highest BCUT2D eigenvalue weighted by Gasteiger charge is 1.93. The van der Waals surface area contributed by atoms with Crippen LogP contribution in [0.3, 0.4) is 0 Å². The van der Waals surface area contributed by atoms with E-state index in [2.05, 4.69) is 15.8 Å². The molecule has 1 rings (SSSR count). The largest absolute Gasteiger partial charge is 0.357 e. The first-order valence-electron chi connectivity index (χ1n) is 4.38. The number of nitrogens with one attached hydrogen (secondary N) is 2. The Morgan fingerprint density at radius 1 is 1.43 bits per heavy atom. The van der Waals surface area contributed by atoms with Crippen molar-refractivity contribution in [3.63, 3.8) is 0 Å². The fourth-order valence-electron chi connectivity index (χ4n) is 0.941. The third kappa shape index (κ3) is 4.00. The monoisotopic (exact) mass is 207 g/mol. The van der Waals surface area contributed by atoms with Gasteiger partial charge < -0.3 is 5.32 Å². The Balaban J connectivity index is 2.31. The third-order valence-electron chi connectivity index (χ3n) is 1.59. The van der Waals surface area contributed by atoms with Crippen LogP contribution in [0.5, 0.6) is 0 Å². The molecule has 0 bridgehead atoms. The molecule has 1 aromatic rings. The van der Waals surface area contributed by atoms with Crippen molar-refractivity contribution < 1.29 is 0 Å². The molecule has 2 N–H and O–H groups in total. The minimum atomic E-state index is 0.534. The Labute approximate surface area is 89.2 Å². The molecule has 0 aliphatic heterocycles. The lowest BCUT2D eigenvalue weighted by atomic mass is 10.2. The maximum atomic E-state index is 4.98. The lowest BCUT2D eigenvalue weighted by molar-refractivity contribution is 0.868. The summed E-state index contributed by atoms with van der Waals surface area (Å²) in [4.78, 5) is 0. The van der Waals surface area contributed by atoms with Gasteiger partial charge in [0.1, 0.15) is 0 Å². The van der Waals surface area contributed by atoms with E-state index in [0.29, 0.717) is 11.7 Å². The maximum absolute atomic E-state index is 4.98. The summed E-state index contributed by atoms with van der Waals surface area (Å²) in [6, 6.07) is 10.1. The molecule has 0 unspecified atom stereocenters. The summed E-state index contributed by atoms with van der Waals surface area (Å²) < 4.78 is 0. The van der Waals surface area contributed by atoms with Crippen LogP contribution in [0.2, 0.25) is 0 Å². The summed E-state index contributed by atoms with van der Waals surface area (Å²) in [5, 5.41) is 7.38. The number of benzene rings is 1. The van der Waals surface area contributed by atoms with Gasteiger partial charge in [0.15, 0.2) is 5.11 Å². The van der Waals surface area contributed by atoms with Gasteiger partial charge in [0.2, 0.25) is 0 Å². The van der Waals surface area contributed by atoms with Crippen molar-refractivity contribution >= 4 is 23.5 Å². The third-order valence-corrected chi connectivity index (χ3v) is 1.83. The SMILES string of the molecule is C/C=N/NC(=S)NCc1ccccc1. The van der Waals surface area contributed by atoms with E-state index < -0.39 is 0 Å². The molecule has 0 aromatic heterocycles. The van der Waals surface area contributed by atoms with E-state index in [1.165, 1.54) is 5.56 Å². The van der Waals surface area contributed by atoms with Crippen LogP contribution >= 0.6 is 12.2 Å². The van der Waals surface area contributed by atoms with Gasteiger partial charge in [0.25, 0.3) is 0 Å². The second kappa shape index (κ2) is 6.10. The molecule has 3 nitrogen and oxygen atoms in total. The Kier molecular flexibility index (Phi) is 4.64. The molecule has 1 aromatic carbocycles. The summed E-state index contributed by atoms with van der Waals surface area (Å²) in [5.41, 5.74) is 3.88. The average Bonchev–Trinajstić information content (AvgIpc) is 2.25. The second-order valence-electron chi connectivity index (χ2n) is 2.67. The normalized spacial score (nSPS) is 10.1. The van der Waals surface area contributed by atoms with Crippen LogP contribution in [-0.2, 0) is 6.54 Å². The van der Waals surface area contributed by atoms with Crippen molar-refractivity contribution in [2.24, 2.45) is 5.10 Å². The van der Waals surface area contributed by atoms with Crippen molar-refractivity contribution in [3.05, 3.63) is 35.9 Å². The van der Waals surface area contributed by atoms with Crippen LogP contribution < -0.4 is 10.7 Å². The van der Waals surface area contributed by atoms with Crippen molar-refractivity contribution in [2.75, 3.05) is 0 Å². The first-order valence-corrected chi connectivity index (χ1v) is 4.79. The average molecular weight is 207 g/mol. The Morgan fingerprint density at radius 2 is 2.14 bits per heavy atom. The molecule has 0 aliphatic carbocycles. The molecule has 0 fully saturated rings. The minimum Gasteiger partial charge on any atom is -0.357 e.